The van der Waals surface area contributed by atoms with Crippen LogP contribution in [0.3, 0.4) is 0 Å². The number of β-amino-alcohol motifs (C(OH)–C–C–N with tert-alkyl or cyclic N) is 1. The number of rotatable bonds is 7. The molecule has 1 aliphatic rings. The zero-order valence-electron chi connectivity index (χ0n) is 17.3. The number of aliphatic hydroxyl groups excluding tert-OH is 1. The summed E-state index contributed by atoms with van der Waals surface area (Å²) in [5, 5.41) is 19.5. The van der Waals surface area contributed by atoms with Gasteiger partial charge in [0, 0.05) is 49.9 Å². The van der Waals surface area contributed by atoms with Crippen molar-refractivity contribution in [1.82, 2.24) is 14.8 Å². The molecule has 0 bridgehead atoms. The smallest absolute Gasteiger partial charge is 0.272 e. The van der Waals surface area contributed by atoms with Crippen LogP contribution in [0.4, 0.5) is 0 Å². The van der Waals surface area contributed by atoms with Gasteiger partial charge in [0.2, 0.25) is 0 Å². The maximum Gasteiger partial charge on any atom is 0.272 e. The van der Waals surface area contributed by atoms with Gasteiger partial charge in [0.15, 0.2) is 0 Å². The standard InChI is InChI=1S/C24H26N4O3/c25-23(18-6-2-1-3-7-18)24(30)28-14-12-27(13-15-28)16-19(29)17-31-22-10-4-9-21-20(22)8-5-11-26-21/h1-11,19,25,29H,12-17H2. The first-order valence-corrected chi connectivity index (χ1v) is 10.4. The van der Waals surface area contributed by atoms with E-state index in [1.165, 1.54) is 0 Å². The molecule has 1 saturated heterocycles. The number of carbonyl (C=O) groups is 1. The summed E-state index contributed by atoms with van der Waals surface area (Å²) < 4.78 is 5.85. The fraction of sp³-hybridized carbons (Fsp3) is 0.292. The van der Waals surface area contributed by atoms with Crippen LogP contribution in [0.15, 0.2) is 66.9 Å². The third-order valence-electron chi connectivity index (χ3n) is 5.44. The molecule has 1 fully saturated rings. The van der Waals surface area contributed by atoms with Crippen molar-refractivity contribution in [2.24, 2.45) is 0 Å². The van der Waals surface area contributed by atoms with Crippen LogP contribution in [0.1, 0.15) is 5.56 Å². The van der Waals surface area contributed by atoms with Gasteiger partial charge in [-0.3, -0.25) is 20.1 Å². The summed E-state index contributed by atoms with van der Waals surface area (Å²) >= 11 is 0. The Morgan fingerprint density at radius 1 is 1.03 bits per heavy atom. The van der Waals surface area contributed by atoms with Crippen LogP contribution in [0.25, 0.3) is 10.9 Å². The molecule has 1 unspecified atom stereocenters. The second-order valence-electron chi connectivity index (χ2n) is 7.62. The van der Waals surface area contributed by atoms with Gasteiger partial charge in [-0.05, 0) is 24.3 Å². The summed E-state index contributed by atoms with van der Waals surface area (Å²) in [5.74, 6) is 0.457. The molecular formula is C24H26N4O3. The molecule has 0 aliphatic carbocycles. The second kappa shape index (κ2) is 9.68. The van der Waals surface area contributed by atoms with Crippen LogP contribution in [-0.2, 0) is 4.79 Å². The van der Waals surface area contributed by atoms with Crippen LogP contribution < -0.4 is 4.74 Å². The Balaban J connectivity index is 1.25. The SMILES string of the molecule is N=C(C(=O)N1CCN(CC(O)COc2cccc3ncccc23)CC1)c1ccccc1. The third-order valence-corrected chi connectivity index (χ3v) is 5.44. The molecule has 31 heavy (non-hydrogen) atoms. The lowest BCUT2D eigenvalue weighted by atomic mass is 10.1. The number of piperazine rings is 1. The summed E-state index contributed by atoms with van der Waals surface area (Å²) in [7, 11) is 0. The number of aromatic nitrogens is 1. The van der Waals surface area contributed by atoms with Crippen molar-refractivity contribution < 1.29 is 14.6 Å². The number of amides is 1. The molecule has 7 heteroatoms. The Bertz CT molecular complexity index is 1040. The minimum absolute atomic E-state index is 0.0204. The molecule has 4 rings (SSSR count). The number of aliphatic hydroxyl groups is 1. The molecule has 1 amide bonds. The van der Waals surface area contributed by atoms with E-state index >= 15 is 0 Å². The summed E-state index contributed by atoms with van der Waals surface area (Å²) in [6.45, 7) is 3.05. The molecular weight excluding hydrogens is 392 g/mol. The number of pyridine rings is 1. The lowest BCUT2D eigenvalue weighted by Gasteiger charge is -2.35. The first kappa shape index (κ1) is 21.0. The molecule has 1 aromatic heterocycles. The quantitative estimate of drug-likeness (QED) is 0.574. The number of hydrogen-bond donors (Lipinski definition) is 2. The Hall–Kier alpha value is -3.29. The van der Waals surface area contributed by atoms with Gasteiger partial charge in [0.25, 0.3) is 5.91 Å². The fourth-order valence-corrected chi connectivity index (χ4v) is 3.76. The summed E-state index contributed by atoms with van der Waals surface area (Å²) in [6, 6.07) is 18.6. The lowest BCUT2D eigenvalue weighted by Crippen LogP contribution is -2.52. The second-order valence-corrected chi connectivity index (χ2v) is 7.62. The van der Waals surface area contributed by atoms with E-state index in [0.717, 1.165) is 10.9 Å². The molecule has 1 atom stereocenters. The average Bonchev–Trinajstić information content (AvgIpc) is 2.83. The molecule has 2 heterocycles. The number of benzene rings is 2. The molecule has 0 spiro atoms. The zero-order valence-corrected chi connectivity index (χ0v) is 17.3. The van der Waals surface area contributed by atoms with Gasteiger partial charge < -0.3 is 14.7 Å². The van der Waals surface area contributed by atoms with E-state index in [1.807, 2.05) is 48.5 Å². The molecule has 3 aromatic rings. The van der Waals surface area contributed by atoms with Gasteiger partial charge in [0.05, 0.1) is 5.52 Å². The van der Waals surface area contributed by atoms with Gasteiger partial charge in [0.1, 0.15) is 24.2 Å². The largest absolute Gasteiger partial charge is 0.490 e. The van der Waals surface area contributed by atoms with Crippen LogP contribution in [-0.4, -0.2) is 76.9 Å². The van der Waals surface area contributed by atoms with Crippen molar-refractivity contribution in [1.29, 1.82) is 5.41 Å². The molecule has 160 valence electrons. The van der Waals surface area contributed by atoms with Gasteiger partial charge in [-0.2, -0.15) is 0 Å². The van der Waals surface area contributed by atoms with Crippen molar-refractivity contribution in [3.05, 3.63) is 72.4 Å². The average molecular weight is 418 g/mol. The molecule has 7 nitrogen and oxygen atoms in total. The van der Waals surface area contributed by atoms with E-state index in [-0.39, 0.29) is 18.2 Å². The lowest BCUT2D eigenvalue weighted by molar-refractivity contribution is -0.126. The van der Waals surface area contributed by atoms with Crippen LogP contribution in [0.2, 0.25) is 0 Å². The number of carbonyl (C=O) groups excluding carboxylic acids is 1. The maximum atomic E-state index is 12.6. The Morgan fingerprint density at radius 3 is 2.58 bits per heavy atom. The molecule has 1 aliphatic heterocycles. The van der Waals surface area contributed by atoms with Crippen molar-refractivity contribution in [3.8, 4) is 5.75 Å². The highest BCUT2D eigenvalue weighted by Gasteiger charge is 2.25. The van der Waals surface area contributed by atoms with E-state index in [2.05, 4.69) is 9.88 Å². The monoisotopic (exact) mass is 418 g/mol. The number of nitrogens with zero attached hydrogens (tertiary/aromatic N) is 3. The van der Waals surface area contributed by atoms with E-state index < -0.39 is 6.10 Å². The van der Waals surface area contributed by atoms with Crippen LogP contribution >= 0.6 is 0 Å². The Kier molecular flexibility index (Phi) is 6.54. The Labute approximate surface area is 181 Å². The number of hydrogen-bond acceptors (Lipinski definition) is 6. The van der Waals surface area contributed by atoms with E-state index in [1.54, 1.807) is 23.2 Å². The van der Waals surface area contributed by atoms with Crippen molar-refractivity contribution in [2.75, 3.05) is 39.3 Å². The normalized spacial score (nSPS) is 15.6. The van der Waals surface area contributed by atoms with Gasteiger partial charge in [-0.15, -0.1) is 0 Å². The highest BCUT2D eigenvalue weighted by Crippen LogP contribution is 2.23. The third kappa shape index (κ3) is 5.07. The van der Waals surface area contributed by atoms with Crippen molar-refractivity contribution in [3.63, 3.8) is 0 Å². The predicted molar refractivity (Wildman–Crippen MR) is 120 cm³/mol. The minimum Gasteiger partial charge on any atom is -0.490 e. The van der Waals surface area contributed by atoms with Gasteiger partial charge >= 0.3 is 0 Å². The molecule has 2 N–H and O–H groups in total. The summed E-state index contributed by atoms with van der Waals surface area (Å²) in [4.78, 5) is 20.7. The molecule has 0 saturated carbocycles. The number of nitrogens with one attached hydrogen (secondary N) is 1. The fourth-order valence-electron chi connectivity index (χ4n) is 3.76. The van der Waals surface area contributed by atoms with E-state index in [9.17, 15) is 9.90 Å². The van der Waals surface area contributed by atoms with Crippen molar-refractivity contribution >= 4 is 22.5 Å². The Morgan fingerprint density at radius 2 is 1.81 bits per heavy atom. The topological polar surface area (TPSA) is 89.8 Å². The first-order chi connectivity index (χ1) is 15.1. The van der Waals surface area contributed by atoms with E-state index in [0.29, 0.717) is 44.0 Å². The first-order valence-electron chi connectivity index (χ1n) is 10.4. The maximum absolute atomic E-state index is 12.6. The summed E-state index contributed by atoms with van der Waals surface area (Å²) in [5.41, 5.74) is 1.51. The van der Waals surface area contributed by atoms with Crippen LogP contribution in [0, 0.1) is 5.41 Å². The van der Waals surface area contributed by atoms with Crippen molar-refractivity contribution in [2.45, 2.75) is 6.10 Å². The highest BCUT2D eigenvalue weighted by atomic mass is 16.5. The molecule has 0 radical (unpaired) electrons. The number of ether oxygens (including phenoxy) is 1. The molecule has 2 aromatic carbocycles. The number of fused-ring (bicyclic) bond motifs is 1. The zero-order chi connectivity index (χ0) is 21.6. The van der Waals surface area contributed by atoms with Gasteiger partial charge in [-0.25, -0.2) is 0 Å². The summed E-state index contributed by atoms with van der Waals surface area (Å²) in [6.07, 6.45) is 1.10. The predicted octanol–water partition coefficient (Wildman–Crippen LogP) is 2.19. The van der Waals surface area contributed by atoms with Crippen LogP contribution in [0.5, 0.6) is 5.75 Å². The van der Waals surface area contributed by atoms with Gasteiger partial charge in [-0.1, -0.05) is 36.4 Å². The highest BCUT2D eigenvalue weighted by molar-refractivity contribution is 6.44. The minimum atomic E-state index is -0.642. The van der Waals surface area contributed by atoms with E-state index in [4.69, 9.17) is 10.1 Å².